The van der Waals surface area contributed by atoms with Crippen molar-refractivity contribution in [2.24, 2.45) is 0 Å². The van der Waals surface area contributed by atoms with Crippen LogP contribution in [0.4, 0.5) is 8.78 Å². The van der Waals surface area contributed by atoms with E-state index in [9.17, 15) is 8.78 Å². The first kappa shape index (κ1) is 16.9. The zero-order valence-corrected chi connectivity index (χ0v) is 15.0. The fourth-order valence-electron chi connectivity index (χ4n) is 2.07. The Labute approximate surface area is 144 Å². The molecule has 1 nitrogen and oxygen atoms in total. The number of nitrogens with one attached hydrogen (secondary N) is 1. The maximum absolute atomic E-state index is 14.4. The minimum atomic E-state index is -0.488. The molecule has 2 aromatic carbocycles. The van der Waals surface area contributed by atoms with E-state index in [1.807, 2.05) is 6.92 Å². The number of rotatable bonds is 4. The zero-order valence-electron chi connectivity index (χ0n) is 11.1. The van der Waals surface area contributed by atoms with Gasteiger partial charge in [0.15, 0.2) is 0 Å². The molecule has 1 atom stereocenters. The summed E-state index contributed by atoms with van der Waals surface area (Å²) in [6, 6.07) is 7.57. The third-order valence-electron chi connectivity index (χ3n) is 3.06. The predicted octanol–water partition coefficient (Wildman–Crippen LogP) is 5.84. The highest BCUT2D eigenvalue weighted by molar-refractivity contribution is 9.10. The lowest BCUT2D eigenvalue weighted by Crippen LogP contribution is -2.23. The van der Waals surface area contributed by atoms with E-state index >= 15 is 0 Å². The van der Waals surface area contributed by atoms with Crippen LogP contribution in [0.1, 0.15) is 24.1 Å². The molecule has 1 unspecified atom stereocenters. The van der Waals surface area contributed by atoms with E-state index in [4.69, 9.17) is 11.6 Å². The van der Waals surface area contributed by atoms with Crippen LogP contribution < -0.4 is 5.32 Å². The fourth-order valence-corrected chi connectivity index (χ4v) is 2.94. The molecule has 0 amide bonds. The quantitative estimate of drug-likeness (QED) is 0.590. The monoisotopic (exact) mass is 437 g/mol. The highest BCUT2D eigenvalue weighted by Crippen LogP contribution is 2.33. The van der Waals surface area contributed by atoms with Gasteiger partial charge in [0.05, 0.1) is 15.5 Å². The zero-order chi connectivity index (χ0) is 15.6. The third kappa shape index (κ3) is 3.65. The summed E-state index contributed by atoms with van der Waals surface area (Å²) in [6.45, 7) is 2.55. The Morgan fingerprint density at radius 2 is 1.86 bits per heavy atom. The summed E-state index contributed by atoms with van der Waals surface area (Å²) in [5.41, 5.74) is 1.17. The molecule has 0 spiro atoms. The van der Waals surface area contributed by atoms with E-state index in [-0.39, 0.29) is 10.8 Å². The second kappa shape index (κ2) is 7.18. The van der Waals surface area contributed by atoms with E-state index in [2.05, 4.69) is 37.2 Å². The summed E-state index contributed by atoms with van der Waals surface area (Å²) < 4.78 is 28.6. The fraction of sp³-hybridized carbons (Fsp3) is 0.200. The Kier molecular flexibility index (Phi) is 5.77. The smallest absolute Gasteiger partial charge is 0.148 e. The largest absolute Gasteiger partial charge is 0.306 e. The summed E-state index contributed by atoms with van der Waals surface area (Å²) in [7, 11) is 0. The summed E-state index contributed by atoms with van der Waals surface area (Å²) in [4.78, 5) is 0. The van der Waals surface area contributed by atoms with E-state index in [0.717, 1.165) is 5.56 Å². The molecule has 1 N–H and O–H groups in total. The first-order valence-corrected chi connectivity index (χ1v) is 8.23. The van der Waals surface area contributed by atoms with Crippen LogP contribution in [0.5, 0.6) is 0 Å². The van der Waals surface area contributed by atoms with Gasteiger partial charge in [0.2, 0.25) is 0 Å². The Balaban J connectivity index is 2.53. The van der Waals surface area contributed by atoms with Gasteiger partial charge in [-0.05, 0) is 62.2 Å². The average Bonchev–Trinajstić information content (AvgIpc) is 2.46. The van der Waals surface area contributed by atoms with Gasteiger partial charge in [-0.15, -0.1) is 0 Å². The maximum atomic E-state index is 14.4. The van der Waals surface area contributed by atoms with Gasteiger partial charge in [0.1, 0.15) is 11.6 Å². The van der Waals surface area contributed by atoms with Crippen LogP contribution in [-0.2, 0) is 0 Å². The number of benzene rings is 2. The van der Waals surface area contributed by atoms with Crippen molar-refractivity contribution in [1.82, 2.24) is 5.32 Å². The number of hydrogen-bond donors (Lipinski definition) is 1. The highest BCUT2D eigenvalue weighted by atomic mass is 79.9. The van der Waals surface area contributed by atoms with Crippen LogP contribution in [0.15, 0.2) is 39.3 Å². The lowest BCUT2D eigenvalue weighted by atomic mass is 9.98. The molecule has 0 aromatic heterocycles. The Hall–Kier alpha value is -0.490. The Bertz CT molecular complexity index is 664. The number of halogens is 5. The van der Waals surface area contributed by atoms with Crippen molar-refractivity contribution < 1.29 is 8.78 Å². The molecule has 2 rings (SSSR count). The second-order valence-electron chi connectivity index (χ2n) is 4.43. The van der Waals surface area contributed by atoms with Crippen molar-refractivity contribution >= 4 is 43.5 Å². The van der Waals surface area contributed by atoms with Crippen molar-refractivity contribution in [3.8, 4) is 0 Å². The lowest BCUT2D eigenvalue weighted by molar-refractivity contribution is 0.557. The molecule has 0 radical (unpaired) electrons. The van der Waals surface area contributed by atoms with Crippen LogP contribution in [-0.4, -0.2) is 6.54 Å². The molecule has 6 heteroatoms. The average molecular weight is 440 g/mol. The van der Waals surface area contributed by atoms with Crippen molar-refractivity contribution in [3.63, 3.8) is 0 Å². The van der Waals surface area contributed by atoms with Gasteiger partial charge >= 0.3 is 0 Å². The molecule has 112 valence electrons. The molecule has 0 heterocycles. The van der Waals surface area contributed by atoms with Crippen molar-refractivity contribution in [1.29, 1.82) is 0 Å². The van der Waals surface area contributed by atoms with Crippen LogP contribution in [0.3, 0.4) is 0 Å². The SMILES string of the molecule is CCNC(c1ccc(F)c(Br)c1)c1ccc(Br)c(Cl)c1F. The highest BCUT2D eigenvalue weighted by Gasteiger charge is 2.20. The van der Waals surface area contributed by atoms with E-state index < -0.39 is 11.9 Å². The lowest BCUT2D eigenvalue weighted by Gasteiger charge is -2.20. The summed E-state index contributed by atoms with van der Waals surface area (Å²) >= 11 is 12.3. The minimum absolute atomic E-state index is 0.0385. The Morgan fingerprint density at radius 3 is 2.48 bits per heavy atom. The van der Waals surface area contributed by atoms with E-state index in [1.54, 1.807) is 24.3 Å². The molecule has 0 aliphatic carbocycles. The van der Waals surface area contributed by atoms with Crippen LogP contribution in [0.2, 0.25) is 5.02 Å². The second-order valence-corrected chi connectivity index (χ2v) is 6.52. The summed E-state index contributed by atoms with van der Waals surface area (Å²) in [6.07, 6.45) is 0. The molecule has 21 heavy (non-hydrogen) atoms. The topological polar surface area (TPSA) is 12.0 Å². The van der Waals surface area contributed by atoms with Gasteiger partial charge in [0, 0.05) is 10.0 Å². The van der Waals surface area contributed by atoms with Crippen molar-refractivity contribution in [3.05, 3.63) is 67.1 Å². The molecule has 0 saturated heterocycles. The van der Waals surface area contributed by atoms with Crippen LogP contribution in [0.25, 0.3) is 0 Å². The molecule has 0 fully saturated rings. The molecular formula is C15H12Br2ClF2N. The van der Waals surface area contributed by atoms with Gasteiger partial charge in [-0.2, -0.15) is 0 Å². The van der Waals surface area contributed by atoms with Crippen molar-refractivity contribution in [2.75, 3.05) is 6.54 Å². The van der Waals surface area contributed by atoms with Gasteiger partial charge in [-0.3, -0.25) is 0 Å². The summed E-state index contributed by atoms with van der Waals surface area (Å²) in [5, 5.41) is 3.23. The van der Waals surface area contributed by atoms with E-state index in [1.165, 1.54) is 6.07 Å². The standard InChI is InChI=1S/C15H12Br2ClF2N/c1-2-21-15(8-3-6-12(19)11(17)7-8)9-4-5-10(16)13(18)14(9)20/h3-7,15,21H,2H2,1H3. The maximum Gasteiger partial charge on any atom is 0.148 e. The molecule has 0 bridgehead atoms. The molecule has 0 saturated carbocycles. The summed E-state index contributed by atoms with van der Waals surface area (Å²) in [5.74, 6) is -0.847. The van der Waals surface area contributed by atoms with E-state index in [0.29, 0.717) is 21.1 Å². The van der Waals surface area contributed by atoms with Gasteiger partial charge in [0.25, 0.3) is 0 Å². The molecule has 0 aliphatic rings. The normalized spacial score (nSPS) is 12.5. The molecular weight excluding hydrogens is 427 g/mol. The Morgan fingerprint density at radius 1 is 1.14 bits per heavy atom. The molecule has 2 aromatic rings. The van der Waals surface area contributed by atoms with Gasteiger partial charge in [-0.1, -0.05) is 30.7 Å². The predicted molar refractivity (Wildman–Crippen MR) is 88.7 cm³/mol. The van der Waals surface area contributed by atoms with Gasteiger partial charge in [-0.25, -0.2) is 8.78 Å². The number of hydrogen-bond acceptors (Lipinski definition) is 1. The first-order valence-electron chi connectivity index (χ1n) is 6.27. The first-order chi connectivity index (χ1) is 9.95. The third-order valence-corrected chi connectivity index (χ3v) is 4.93. The van der Waals surface area contributed by atoms with Crippen LogP contribution in [0, 0.1) is 11.6 Å². The van der Waals surface area contributed by atoms with Crippen molar-refractivity contribution in [2.45, 2.75) is 13.0 Å². The van der Waals surface area contributed by atoms with Crippen LogP contribution >= 0.6 is 43.5 Å². The molecule has 0 aliphatic heterocycles. The van der Waals surface area contributed by atoms with Gasteiger partial charge < -0.3 is 5.32 Å². The minimum Gasteiger partial charge on any atom is -0.306 e.